The molecule has 2 heterocycles. The maximum absolute atomic E-state index is 12.2. The van der Waals surface area contributed by atoms with Gasteiger partial charge in [0.05, 0.1) is 36.0 Å². The van der Waals surface area contributed by atoms with Gasteiger partial charge in [0, 0.05) is 5.02 Å². The standard InChI is InChI=1S/C12H13ClN4O4S/c13-10-1-3-11(4-2-10)22(18,19)14-12-9-17(15-21-12)16-5-7-20-8-6-16/h1-4,9H,5-8H2. The lowest BCUT2D eigenvalue weighted by atomic mass is 10.4. The molecule has 1 aromatic heterocycles. The van der Waals surface area contributed by atoms with E-state index in [-0.39, 0.29) is 10.8 Å². The molecule has 0 aliphatic carbocycles. The van der Waals surface area contributed by atoms with E-state index in [1.807, 2.05) is 5.01 Å². The first kappa shape index (κ1) is 15.1. The maximum atomic E-state index is 12.2. The molecule has 1 saturated heterocycles. The number of sulfonamides is 1. The first-order chi connectivity index (χ1) is 10.5. The van der Waals surface area contributed by atoms with Gasteiger partial charge in [0.2, 0.25) is 5.27 Å². The van der Waals surface area contributed by atoms with Crippen LogP contribution in [0.1, 0.15) is 0 Å². The van der Waals surface area contributed by atoms with Crippen LogP contribution < -0.4 is 9.80 Å². The van der Waals surface area contributed by atoms with Gasteiger partial charge < -0.3 is 14.0 Å². The van der Waals surface area contributed by atoms with Crippen molar-refractivity contribution in [1.82, 2.24) is 5.27 Å². The number of nitrogens with zero attached hydrogens (tertiary/aromatic N) is 4. The van der Waals surface area contributed by atoms with Gasteiger partial charge in [-0.15, -0.1) is 5.01 Å². The van der Waals surface area contributed by atoms with Crippen molar-refractivity contribution in [2.24, 2.45) is 0 Å². The summed E-state index contributed by atoms with van der Waals surface area (Å²) in [6.07, 6.45) is 1.42. The largest absolute Gasteiger partial charge is 0.534 e. The van der Waals surface area contributed by atoms with Gasteiger partial charge in [0.1, 0.15) is 15.9 Å². The summed E-state index contributed by atoms with van der Waals surface area (Å²) in [7, 11) is -3.87. The molecule has 118 valence electrons. The van der Waals surface area contributed by atoms with Gasteiger partial charge in [-0.1, -0.05) is 11.6 Å². The van der Waals surface area contributed by atoms with E-state index in [9.17, 15) is 8.42 Å². The molecule has 22 heavy (non-hydrogen) atoms. The number of hydrogen-bond donors (Lipinski definition) is 0. The molecule has 0 unspecified atom stereocenters. The molecule has 0 atom stereocenters. The SMILES string of the molecule is O=S(=O)([N-]c1c[n+](N2CCOCC2)no1)c1ccc(Cl)cc1. The van der Waals surface area contributed by atoms with E-state index >= 15 is 0 Å². The Balaban J connectivity index is 1.75. The van der Waals surface area contributed by atoms with Crippen LogP contribution in [0.2, 0.25) is 5.02 Å². The Morgan fingerprint density at radius 2 is 1.91 bits per heavy atom. The quantitative estimate of drug-likeness (QED) is 0.768. The fraction of sp³-hybridized carbons (Fsp3) is 0.333. The first-order valence-electron chi connectivity index (χ1n) is 6.50. The normalized spacial score (nSPS) is 15.8. The zero-order valence-electron chi connectivity index (χ0n) is 11.4. The highest BCUT2D eigenvalue weighted by atomic mass is 35.5. The third-order valence-corrected chi connectivity index (χ3v) is 4.58. The van der Waals surface area contributed by atoms with Crippen LogP contribution in [-0.2, 0) is 14.8 Å². The Morgan fingerprint density at radius 1 is 1.23 bits per heavy atom. The van der Waals surface area contributed by atoms with Gasteiger partial charge in [-0.25, -0.2) is 8.42 Å². The molecule has 1 aromatic carbocycles. The van der Waals surface area contributed by atoms with Crippen molar-refractivity contribution in [3.63, 3.8) is 0 Å². The highest BCUT2D eigenvalue weighted by Crippen LogP contribution is 2.26. The van der Waals surface area contributed by atoms with E-state index in [0.717, 1.165) is 0 Å². The third kappa shape index (κ3) is 3.32. The van der Waals surface area contributed by atoms with Crippen LogP contribution in [0.15, 0.2) is 39.9 Å². The highest BCUT2D eigenvalue weighted by molar-refractivity contribution is 7.94. The minimum absolute atomic E-state index is 0.0335. The van der Waals surface area contributed by atoms with Crippen molar-refractivity contribution < 1.29 is 22.5 Å². The zero-order chi connectivity index (χ0) is 15.6. The summed E-state index contributed by atoms with van der Waals surface area (Å²) in [6, 6.07) is 5.73. The van der Waals surface area contributed by atoms with Crippen molar-refractivity contribution in [1.29, 1.82) is 0 Å². The second-order valence-corrected chi connectivity index (χ2v) is 6.59. The monoisotopic (exact) mass is 344 g/mol. The summed E-state index contributed by atoms with van der Waals surface area (Å²) < 4.78 is 38.1. The molecule has 2 aromatic rings. The predicted molar refractivity (Wildman–Crippen MR) is 77.1 cm³/mol. The second-order valence-electron chi connectivity index (χ2n) is 4.55. The zero-order valence-corrected chi connectivity index (χ0v) is 13.0. The van der Waals surface area contributed by atoms with E-state index in [1.165, 1.54) is 35.3 Å². The molecule has 1 aliphatic rings. The topological polar surface area (TPSA) is 90.6 Å². The van der Waals surface area contributed by atoms with E-state index in [4.69, 9.17) is 20.9 Å². The minimum atomic E-state index is -3.87. The molecule has 0 N–H and O–H groups in total. The molecule has 0 bridgehead atoms. The molecule has 0 saturated carbocycles. The fourth-order valence-corrected chi connectivity index (χ4v) is 2.97. The second kappa shape index (κ2) is 6.11. The van der Waals surface area contributed by atoms with Crippen molar-refractivity contribution in [3.05, 3.63) is 40.2 Å². The van der Waals surface area contributed by atoms with Gasteiger partial charge in [0.15, 0.2) is 0 Å². The lowest BCUT2D eigenvalue weighted by Crippen LogP contribution is -2.62. The van der Waals surface area contributed by atoms with Crippen LogP contribution in [0.25, 0.3) is 4.72 Å². The summed E-state index contributed by atoms with van der Waals surface area (Å²) >= 11 is 5.74. The highest BCUT2D eigenvalue weighted by Gasteiger charge is 2.21. The molecule has 1 fully saturated rings. The average molecular weight is 345 g/mol. The molecule has 0 spiro atoms. The molecule has 8 nitrogen and oxygen atoms in total. The third-order valence-electron chi connectivity index (χ3n) is 3.04. The van der Waals surface area contributed by atoms with Crippen LogP contribution >= 0.6 is 11.6 Å². The maximum Gasteiger partial charge on any atom is 0.257 e. The Hall–Kier alpha value is -1.84. The number of ether oxygens (including phenoxy) is 1. The summed E-state index contributed by atoms with van der Waals surface area (Å²) in [5.41, 5.74) is 0. The molecular formula is C12H13ClN4O4S. The fourth-order valence-electron chi connectivity index (χ4n) is 1.94. The Kier molecular flexibility index (Phi) is 4.19. The van der Waals surface area contributed by atoms with Crippen molar-refractivity contribution in [2.45, 2.75) is 4.90 Å². The van der Waals surface area contributed by atoms with Gasteiger partial charge in [-0.3, -0.25) is 0 Å². The van der Waals surface area contributed by atoms with Gasteiger partial charge in [-0.05, 0) is 24.3 Å². The summed E-state index contributed by atoms with van der Waals surface area (Å²) in [5.74, 6) is -0.0959. The molecule has 0 radical (unpaired) electrons. The number of benzene rings is 1. The molecular weight excluding hydrogens is 332 g/mol. The van der Waals surface area contributed by atoms with Gasteiger partial charge >= 0.3 is 0 Å². The summed E-state index contributed by atoms with van der Waals surface area (Å²) in [4.78, 5) is 1.46. The van der Waals surface area contributed by atoms with Crippen LogP contribution in [-0.4, -0.2) is 40.0 Å². The Morgan fingerprint density at radius 3 is 2.59 bits per heavy atom. The van der Waals surface area contributed by atoms with Gasteiger partial charge in [-0.2, -0.15) is 0 Å². The predicted octanol–water partition coefficient (Wildman–Crippen LogP) is 0.978. The van der Waals surface area contributed by atoms with E-state index < -0.39 is 10.0 Å². The molecule has 0 amide bonds. The molecule has 3 rings (SSSR count). The molecule has 1 aliphatic heterocycles. The van der Waals surface area contributed by atoms with Crippen LogP contribution in [0, 0.1) is 0 Å². The van der Waals surface area contributed by atoms with E-state index in [0.29, 0.717) is 31.3 Å². The van der Waals surface area contributed by atoms with E-state index in [1.54, 1.807) is 0 Å². The van der Waals surface area contributed by atoms with Crippen molar-refractivity contribution >= 4 is 27.5 Å². The molecule has 10 heteroatoms. The average Bonchev–Trinajstić information content (AvgIpc) is 2.96. The Bertz CT molecular complexity index is 741. The van der Waals surface area contributed by atoms with Crippen LogP contribution in [0.4, 0.5) is 5.88 Å². The number of rotatable bonds is 4. The smallest absolute Gasteiger partial charge is 0.257 e. The van der Waals surface area contributed by atoms with Crippen molar-refractivity contribution in [3.8, 4) is 0 Å². The Labute approximate surface area is 132 Å². The van der Waals surface area contributed by atoms with Crippen LogP contribution in [0.5, 0.6) is 0 Å². The minimum Gasteiger partial charge on any atom is -0.534 e. The van der Waals surface area contributed by atoms with Crippen molar-refractivity contribution in [2.75, 3.05) is 31.3 Å². The number of hydrogen-bond acceptors (Lipinski definition) is 6. The summed E-state index contributed by atoms with van der Waals surface area (Å²) in [6.45, 7) is 2.44. The number of morpholine rings is 1. The van der Waals surface area contributed by atoms with Gasteiger partial charge in [0.25, 0.3) is 6.20 Å². The lowest BCUT2D eigenvalue weighted by Gasteiger charge is -2.19. The number of aromatic nitrogens is 2. The van der Waals surface area contributed by atoms with E-state index in [2.05, 4.69) is 9.99 Å². The number of halogens is 1. The van der Waals surface area contributed by atoms with Crippen LogP contribution in [0.3, 0.4) is 0 Å². The first-order valence-corrected chi connectivity index (χ1v) is 8.32. The summed E-state index contributed by atoms with van der Waals surface area (Å²) in [5, 5.41) is 6.07. The lowest BCUT2D eigenvalue weighted by molar-refractivity contribution is -0.759.